The second-order valence-electron chi connectivity index (χ2n) is 40.1. The molecule has 0 atom stereocenters. The van der Waals surface area contributed by atoms with Crippen molar-refractivity contribution < 1.29 is 51.4 Å². The quantitative estimate of drug-likeness (QED) is 0.0735. The third-order valence-corrected chi connectivity index (χ3v) is 26.1. The van der Waals surface area contributed by atoms with E-state index in [0.717, 1.165) is 170 Å². The molecule has 1 aliphatic heterocycles. The summed E-state index contributed by atoms with van der Waals surface area (Å²) in [7, 11) is 4.80. The molecule has 1 aliphatic rings. The number of fused-ring (bicyclic) bond motifs is 12. The van der Waals surface area contributed by atoms with E-state index in [2.05, 4.69) is 94.0 Å². The van der Waals surface area contributed by atoms with Gasteiger partial charge in [-0.1, -0.05) is 88.7 Å². The number of pyridine rings is 6. The third-order valence-electron chi connectivity index (χ3n) is 25.6. The van der Waals surface area contributed by atoms with Crippen molar-refractivity contribution in [2.24, 2.45) is 26.9 Å². The van der Waals surface area contributed by atoms with Gasteiger partial charge in [-0.25, -0.2) is 28.8 Å². The number of nitrogens with two attached hydrogens (primary N) is 1. The molecule has 145 heavy (non-hydrogen) atoms. The number of aromatic nitrogens is 12. The molecule has 0 spiro atoms. The summed E-state index contributed by atoms with van der Waals surface area (Å²) in [6.45, 7) is 31.6. The predicted molar refractivity (Wildman–Crippen MR) is 562 cm³/mol. The third kappa shape index (κ3) is 22.0. The van der Waals surface area contributed by atoms with E-state index in [-0.39, 0.29) is 17.1 Å². The van der Waals surface area contributed by atoms with Gasteiger partial charge in [-0.3, -0.25) is 57.3 Å². The van der Waals surface area contributed by atoms with Gasteiger partial charge in [0.15, 0.2) is 0 Å². The average molecular weight is 2020 g/mol. The number of carbonyl (C=O) groups is 3. The summed E-state index contributed by atoms with van der Waals surface area (Å²) in [5, 5.41) is 46.7. The molecule has 9 aromatic heterocycles. The van der Waals surface area contributed by atoms with Crippen LogP contribution >= 0.6 is 15.9 Å². The smallest absolute Gasteiger partial charge is 0.475 e. The minimum absolute atomic E-state index is 0.133. The van der Waals surface area contributed by atoms with Gasteiger partial charge in [0.05, 0.1) is 148 Å². The van der Waals surface area contributed by atoms with Crippen LogP contribution in [0.3, 0.4) is 0 Å². The van der Waals surface area contributed by atoms with Crippen molar-refractivity contribution in [1.29, 1.82) is 15.8 Å². The molecule has 9 aromatic carbocycles. The molecule has 10 heterocycles. The van der Waals surface area contributed by atoms with E-state index in [9.17, 15) is 52.9 Å². The van der Waals surface area contributed by atoms with E-state index >= 15 is 0 Å². The van der Waals surface area contributed by atoms with Gasteiger partial charge in [0.1, 0.15) is 11.2 Å². The molecule has 29 nitrogen and oxygen atoms in total. The Morgan fingerprint density at radius 1 is 0.421 bits per heavy atom. The molecule has 0 unspecified atom stereocenters. The van der Waals surface area contributed by atoms with Crippen LogP contribution < -0.4 is 38.9 Å². The maximum atomic E-state index is 13.6. The van der Waals surface area contributed by atoms with E-state index in [1.54, 1.807) is 73.3 Å². The lowest BCUT2D eigenvalue weighted by Crippen LogP contribution is -2.41. The topological polar surface area (TPSA) is 388 Å². The number of nitrogens with zero attached hydrogens (tertiary/aromatic N) is 15. The van der Waals surface area contributed by atoms with Crippen LogP contribution in [0.2, 0.25) is 0 Å². The Kier molecular flexibility index (Phi) is 28.5. The molecule has 2 amide bonds. The lowest BCUT2D eigenvalue weighted by atomic mass is 9.80. The van der Waals surface area contributed by atoms with Crippen LogP contribution in [0.5, 0.6) is 0 Å². The molecule has 0 bridgehead atoms. The van der Waals surface area contributed by atoms with Crippen molar-refractivity contribution in [2.75, 3.05) is 0 Å². The second kappa shape index (κ2) is 40.0. The number of amides is 2. The fourth-order valence-corrected chi connectivity index (χ4v) is 17.0. The van der Waals surface area contributed by atoms with E-state index < -0.39 is 70.1 Å². The summed E-state index contributed by atoms with van der Waals surface area (Å²) < 4.78 is 65.5. The molecule has 0 saturated carbocycles. The summed E-state index contributed by atoms with van der Waals surface area (Å²) >= 11 is 3.51. The van der Waals surface area contributed by atoms with Crippen molar-refractivity contribution in [3.8, 4) is 57.5 Å². The number of alkyl carbamates (subject to hydrolysis) is 2. The number of nitriles is 3. The molecule has 0 aliphatic carbocycles. The highest BCUT2D eigenvalue weighted by Gasteiger charge is 2.52. The Labute approximate surface area is 841 Å². The van der Waals surface area contributed by atoms with Gasteiger partial charge in [-0.2, -0.15) is 29.0 Å². The Hall–Kier alpha value is -16.1. The Morgan fingerprint density at radius 3 is 1.06 bits per heavy atom. The van der Waals surface area contributed by atoms with Crippen molar-refractivity contribution in [3.05, 3.63) is 307 Å². The molecule has 5 N–H and O–H groups in total. The normalized spacial score (nSPS) is 13.1. The van der Waals surface area contributed by atoms with E-state index in [4.69, 9.17) is 39.4 Å². The maximum Gasteiger partial charge on any atom is 0.496 e. The van der Waals surface area contributed by atoms with Crippen LogP contribution in [-0.2, 0) is 80.6 Å². The average Bonchev–Trinajstić information content (AvgIpc) is 1.59. The van der Waals surface area contributed by atoms with Gasteiger partial charge < -0.3 is 40.3 Å². The first-order valence-electron chi connectivity index (χ1n) is 46.5. The van der Waals surface area contributed by atoms with Crippen LogP contribution in [-0.4, -0.2) is 116 Å². The van der Waals surface area contributed by atoms with E-state index in [1.807, 2.05) is 299 Å². The maximum absolute atomic E-state index is 13.6. The minimum atomic E-state index is -5.08. The zero-order valence-corrected chi connectivity index (χ0v) is 85.1. The first kappa shape index (κ1) is 103. The molecular weight excluding hydrogens is 1910 g/mol. The number of hydrogen-bond acceptors (Lipinski definition) is 20. The zero-order chi connectivity index (χ0) is 105. The number of carbonyl (C=O) groups excluding carboxylic acids is 2. The summed E-state index contributed by atoms with van der Waals surface area (Å²) in [5.74, 6) is -2.76. The number of imidazole rings is 3. The molecule has 1 saturated heterocycles. The monoisotopic (exact) mass is 2010 g/mol. The highest BCUT2D eigenvalue weighted by molar-refractivity contribution is 9.10. The number of carboxylic acid groups (broad SMARTS) is 1. The summed E-state index contributed by atoms with van der Waals surface area (Å²) in [5.41, 5.74) is 23.7. The molecule has 34 heteroatoms. The fourth-order valence-electron chi connectivity index (χ4n) is 16.6. The number of ether oxygens (including phenoxy) is 2. The van der Waals surface area contributed by atoms with Crippen LogP contribution in [0.25, 0.3) is 138 Å². The number of alkyl halides is 3. The number of halogens is 4. The highest BCUT2D eigenvalue weighted by atomic mass is 79.9. The van der Waals surface area contributed by atoms with Crippen molar-refractivity contribution >= 4 is 145 Å². The Bertz CT molecular complexity index is 8490. The number of aliphatic carboxylic acids is 1. The van der Waals surface area contributed by atoms with Crippen LogP contribution in [0, 0.1) is 34.0 Å². The summed E-state index contributed by atoms with van der Waals surface area (Å²) in [6, 6.07) is 71.7. The number of carboxylic acids is 1. The van der Waals surface area contributed by atoms with Crippen LogP contribution in [0.1, 0.15) is 144 Å². The fraction of sp³-hybridized carbons (Fsp3) is 0.270. The number of aryl methyl sites for hydroxylation is 3. The molecule has 18 aromatic rings. The molecular formula is C111H107BBrF3N18O11. The van der Waals surface area contributed by atoms with Gasteiger partial charge in [0, 0.05) is 113 Å². The Morgan fingerprint density at radius 2 is 0.724 bits per heavy atom. The first-order chi connectivity index (χ1) is 68.3. The van der Waals surface area contributed by atoms with Gasteiger partial charge >= 0.3 is 48.5 Å². The SMILES string of the molecule is CC(C)(C)OC(=O)NCc1ccc2ncc(B3OC(C)(C)C(C)(C)O3)cc2c1.Cn1c(=O)n(-c2ccc(C(C)(C)C#N)cc2)c2c3cc(-c4cnc5ccc(CN)cc5c4)ccc3ncc21.Cn1c(=O)n(-c2ccc(C(C)(C)C#N)cc2)c2c3cc(-c4cnc5ccc(CNC(=O)OC(C)(C)C)cc5c4)ccc3ncc21.Cn1c(=O)n(-c2ccc(C(C)(C)C#N)cc2)c2c3cc(Br)ccc3ncc21.O=C(O)C(F)(F)F. The molecule has 19 rings (SSSR count). The number of nitrogens with one attached hydrogen (secondary N) is 2. The molecule has 0 radical (unpaired) electrons. The highest BCUT2D eigenvalue weighted by Crippen LogP contribution is 2.40. The minimum Gasteiger partial charge on any atom is -0.475 e. The van der Waals surface area contributed by atoms with Gasteiger partial charge in [0.2, 0.25) is 0 Å². The summed E-state index contributed by atoms with van der Waals surface area (Å²) in [4.78, 5) is 101. The van der Waals surface area contributed by atoms with Gasteiger partial charge in [-0.15, -0.1) is 0 Å². The molecule has 738 valence electrons. The predicted octanol–water partition coefficient (Wildman–Crippen LogP) is 20.9. The van der Waals surface area contributed by atoms with Crippen molar-refractivity contribution in [2.45, 2.75) is 175 Å². The lowest BCUT2D eigenvalue weighted by molar-refractivity contribution is -0.192. The van der Waals surface area contributed by atoms with E-state index in [0.29, 0.717) is 30.8 Å². The van der Waals surface area contributed by atoms with Crippen LogP contribution in [0.4, 0.5) is 22.8 Å². The van der Waals surface area contributed by atoms with Crippen LogP contribution in [0.15, 0.2) is 256 Å². The van der Waals surface area contributed by atoms with Gasteiger partial charge in [-0.05, 0) is 283 Å². The van der Waals surface area contributed by atoms with E-state index in [1.165, 1.54) is 0 Å². The van der Waals surface area contributed by atoms with Crippen molar-refractivity contribution in [3.63, 3.8) is 0 Å². The Balaban J connectivity index is 0.000000145. The number of benzene rings is 9. The summed E-state index contributed by atoms with van der Waals surface area (Å²) in [6.07, 6.45) is 4.72. The number of hydrogen-bond donors (Lipinski definition) is 4. The molecule has 1 fully saturated rings. The zero-order valence-electron chi connectivity index (χ0n) is 83.5. The number of rotatable bonds is 14. The standard InChI is InChI=1S/C36H34N6O3.C31H26N6O.C21H29BN2O4.C21H17BrN4O.C2HF3O2/c1-35(2,3)45-33(43)40-18-22-7-13-29-24(15-22)16-25(19-38-29)23-8-14-30-28(17-23)32-31(20-39-30)41(6)34(44)42(32)27-11-9-26(10-12-27)36(4,5)21-37;1-31(2,18-33)23-6-8-24(9-7-23)37-29-25-14-20(5-11-27(25)35-17-28(29)36(3)30(37)38)22-13-21-12-19(15-32)4-10-26(21)34-16-22;1-19(2,3)26-18(25)24-12-14-8-9-17-15(10-14)11-16(13-23-17)22-27-20(4,5)21(6,7)28-22;1-21(2,12-23)13-4-7-15(8-5-13)26-19-16-10-14(22)6-9-17(16)24-11-18(19)25(3)20(26)27;3-2(4,5)1(6)7/h7-17,19-20H,18H2,1-6H3,(H,40,43);4-14,16-17H,15,32H2,1-3H3;8-11,13H,12H2,1-7H3,(H,24,25);4-11H,1-3H3;(H,6,7). The van der Waals surface area contributed by atoms with Gasteiger partial charge in [0.25, 0.3) is 0 Å². The second-order valence-corrected chi connectivity index (χ2v) is 41.0. The van der Waals surface area contributed by atoms with Crippen molar-refractivity contribution in [1.82, 2.24) is 67.9 Å². The first-order valence-corrected chi connectivity index (χ1v) is 47.3. The largest absolute Gasteiger partial charge is 0.496 e. The lowest BCUT2D eigenvalue weighted by Gasteiger charge is -2.32.